The average Bonchev–Trinajstić information content (AvgIpc) is 3.23. The maximum Gasteiger partial charge on any atom is 0.410 e. The molecule has 0 aromatic carbocycles. The first-order chi connectivity index (χ1) is 11.8. The van der Waals surface area contributed by atoms with E-state index in [0.717, 1.165) is 37.9 Å². The van der Waals surface area contributed by atoms with Crippen LogP contribution in [0, 0.1) is 5.92 Å². The van der Waals surface area contributed by atoms with Crippen LogP contribution in [0.1, 0.15) is 58.6 Å². The van der Waals surface area contributed by atoms with Crippen molar-refractivity contribution in [3.63, 3.8) is 0 Å². The SMILES string of the molecule is CC(C)(C)OC(=O)N1CCCC1C1CCCC1NCc1csc(=O)[nH]1. The van der Waals surface area contributed by atoms with Crippen LogP contribution in [0.4, 0.5) is 4.79 Å². The molecule has 1 saturated carbocycles. The Bertz CT molecular complexity index is 648. The van der Waals surface area contributed by atoms with E-state index in [1.54, 1.807) is 0 Å². The van der Waals surface area contributed by atoms with E-state index in [9.17, 15) is 9.59 Å². The molecule has 3 unspecified atom stereocenters. The molecule has 2 N–H and O–H groups in total. The van der Waals surface area contributed by atoms with Crippen molar-refractivity contribution in [3.05, 3.63) is 20.7 Å². The summed E-state index contributed by atoms with van der Waals surface area (Å²) in [4.78, 5) is 28.6. The lowest BCUT2D eigenvalue weighted by Gasteiger charge is -2.34. The number of aromatic nitrogens is 1. The molecular formula is C18H29N3O3S. The number of likely N-dealkylation sites (tertiary alicyclic amines) is 1. The summed E-state index contributed by atoms with van der Waals surface area (Å²) in [7, 11) is 0. The highest BCUT2D eigenvalue weighted by atomic mass is 32.1. The van der Waals surface area contributed by atoms with Crippen molar-refractivity contribution in [3.8, 4) is 0 Å². The Morgan fingerprint density at radius 1 is 1.36 bits per heavy atom. The number of hydrogen-bond acceptors (Lipinski definition) is 5. The minimum absolute atomic E-state index is 0.00772. The standard InChI is InChI=1S/C18H29N3O3S/c1-18(2,3)24-17(23)21-9-5-8-15(21)13-6-4-7-14(13)19-10-12-11-25-16(22)20-12/h11,13-15,19H,4-10H2,1-3H3,(H,20,22). The molecule has 7 heteroatoms. The van der Waals surface area contributed by atoms with Gasteiger partial charge in [-0.15, -0.1) is 0 Å². The van der Waals surface area contributed by atoms with Gasteiger partial charge in [0.05, 0.1) is 0 Å². The molecule has 1 aliphatic carbocycles. The van der Waals surface area contributed by atoms with Crippen molar-refractivity contribution >= 4 is 17.4 Å². The lowest BCUT2D eigenvalue weighted by Crippen LogP contribution is -2.47. The van der Waals surface area contributed by atoms with E-state index in [-0.39, 0.29) is 17.0 Å². The fourth-order valence-corrected chi connectivity index (χ4v) is 4.71. The van der Waals surface area contributed by atoms with Crippen LogP contribution >= 0.6 is 11.3 Å². The molecule has 3 rings (SSSR count). The summed E-state index contributed by atoms with van der Waals surface area (Å²) in [5, 5.41) is 5.48. The van der Waals surface area contributed by atoms with Crippen molar-refractivity contribution in [2.45, 2.75) is 77.1 Å². The van der Waals surface area contributed by atoms with Crippen molar-refractivity contribution < 1.29 is 9.53 Å². The van der Waals surface area contributed by atoms with Gasteiger partial charge in [0.2, 0.25) is 0 Å². The lowest BCUT2D eigenvalue weighted by atomic mass is 9.92. The number of nitrogens with one attached hydrogen (secondary N) is 2. The van der Waals surface area contributed by atoms with Gasteiger partial charge in [-0.25, -0.2) is 4.79 Å². The first-order valence-corrected chi connectivity index (χ1v) is 10.1. The molecule has 140 valence electrons. The molecule has 0 radical (unpaired) electrons. The van der Waals surface area contributed by atoms with Gasteiger partial charge < -0.3 is 19.9 Å². The minimum atomic E-state index is -0.456. The molecule has 25 heavy (non-hydrogen) atoms. The van der Waals surface area contributed by atoms with Crippen molar-refractivity contribution in [1.29, 1.82) is 0 Å². The first kappa shape index (κ1) is 18.5. The molecule has 1 amide bonds. The van der Waals surface area contributed by atoms with Crippen LogP contribution in [0.25, 0.3) is 0 Å². The van der Waals surface area contributed by atoms with E-state index in [4.69, 9.17) is 4.74 Å². The number of hydrogen-bond donors (Lipinski definition) is 2. The molecule has 6 nitrogen and oxygen atoms in total. The minimum Gasteiger partial charge on any atom is -0.444 e. The smallest absolute Gasteiger partial charge is 0.410 e. The van der Waals surface area contributed by atoms with Gasteiger partial charge in [0, 0.05) is 36.2 Å². The summed E-state index contributed by atoms with van der Waals surface area (Å²) in [6.07, 6.45) is 5.37. The number of nitrogens with zero attached hydrogens (tertiary/aromatic N) is 1. The van der Waals surface area contributed by atoms with Gasteiger partial charge in [0.15, 0.2) is 0 Å². The van der Waals surface area contributed by atoms with E-state index in [2.05, 4.69) is 10.3 Å². The van der Waals surface area contributed by atoms with E-state index < -0.39 is 5.60 Å². The molecular weight excluding hydrogens is 338 g/mol. The number of H-pyrrole nitrogens is 1. The fourth-order valence-electron chi connectivity index (χ4n) is 4.13. The fraction of sp³-hybridized carbons (Fsp3) is 0.778. The van der Waals surface area contributed by atoms with Crippen LogP contribution in [0.3, 0.4) is 0 Å². The van der Waals surface area contributed by atoms with Gasteiger partial charge >= 0.3 is 11.0 Å². The van der Waals surface area contributed by atoms with E-state index in [1.165, 1.54) is 17.8 Å². The summed E-state index contributed by atoms with van der Waals surface area (Å²) in [5.74, 6) is 0.459. The molecule has 2 aliphatic rings. The predicted molar refractivity (Wildman–Crippen MR) is 98.9 cm³/mol. The van der Waals surface area contributed by atoms with E-state index in [0.29, 0.717) is 18.5 Å². The Balaban J connectivity index is 1.62. The third-order valence-electron chi connectivity index (χ3n) is 5.12. The van der Waals surface area contributed by atoms with Crippen LogP contribution in [0.2, 0.25) is 0 Å². The van der Waals surface area contributed by atoms with Crippen LogP contribution in [-0.4, -0.2) is 40.2 Å². The second kappa shape index (κ2) is 7.50. The average molecular weight is 368 g/mol. The highest BCUT2D eigenvalue weighted by Crippen LogP contribution is 2.36. The number of carbonyl (C=O) groups excluding carboxylic acids is 1. The number of aromatic amines is 1. The lowest BCUT2D eigenvalue weighted by molar-refractivity contribution is 0.0166. The second-order valence-electron chi connectivity index (χ2n) is 8.14. The number of rotatable bonds is 4. The summed E-state index contributed by atoms with van der Waals surface area (Å²) in [6.45, 7) is 7.21. The Kier molecular flexibility index (Phi) is 5.53. The third-order valence-corrected chi connectivity index (χ3v) is 5.83. The van der Waals surface area contributed by atoms with E-state index in [1.807, 2.05) is 31.1 Å². The predicted octanol–water partition coefficient (Wildman–Crippen LogP) is 3.09. The van der Waals surface area contributed by atoms with Gasteiger partial charge in [-0.05, 0) is 52.4 Å². The molecule has 1 saturated heterocycles. The van der Waals surface area contributed by atoms with Gasteiger partial charge in [0.25, 0.3) is 0 Å². The van der Waals surface area contributed by atoms with Crippen molar-refractivity contribution in [1.82, 2.24) is 15.2 Å². The third kappa shape index (κ3) is 4.64. The second-order valence-corrected chi connectivity index (χ2v) is 8.98. The molecule has 0 spiro atoms. The Hall–Kier alpha value is -1.34. The van der Waals surface area contributed by atoms with Gasteiger partial charge in [-0.1, -0.05) is 17.8 Å². The Morgan fingerprint density at radius 3 is 2.84 bits per heavy atom. The monoisotopic (exact) mass is 367 g/mol. The summed E-state index contributed by atoms with van der Waals surface area (Å²) in [6, 6.07) is 0.646. The molecule has 2 fully saturated rings. The zero-order valence-corrected chi connectivity index (χ0v) is 16.2. The zero-order valence-electron chi connectivity index (χ0n) is 15.3. The van der Waals surface area contributed by atoms with Gasteiger partial charge in [0.1, 0.15) is 5.60 Å². The largest absolute Gasteiger partial charge is 0.444 e. The molecule has 1 aromatic heterocycles. The first-order valence-electron chi connectivity index (χ1n) is 9.23. The summed E-state index contributed by atoms with van der Waals surface area (Å²) in [5.41, 5.74) is 0.485. The van der Waals surface area contributed by atoms with Crippen LogP contribution < -0.4 is 10.2 Å². The maximum atomic E-state index is 12.6. The van der Waals surface area contributed by atoms with Gasteiger partial charge in [-0.2, -0.15) is 0 Å². The Labute approximate surface area is 153 Å². The maximum absolute atomic E-state index is 12.6. The van der Waals surface area contributed by atoms with Crippen LogP contribution in [-0.2, 0) is 11.3 Å². The van der Waals surface area contributed by atoms with Crippen molar-refractivity contribution in [2.75, 3.05) is 6.54 Å². The van der Waals surface area contributed by atoms with Crippen LogP contribution in [0.15, 0.2) is 10.2 Å². The molecule has 1 aromatic rings. The van der Waals surface area contributed by atoms with Crippen molar-refractivity contribution in [2.24, 2.45) is 5.92 Å². The molecule has 3 atom stereocenters. The van der Waals surface area contributed by atoms with Crippen LogP contribution in [0.5, 0.6) is 0 Å². The normalized spacial score (nSPS) is 27.0. The summed E-state index contributed by atoms with van der Waals surface area (Å²) < 4.78 is 5.61. The Morgan fingerprint density at radius 2 is 2.16 bits per heavy atom. The molecule has 0 bridgehead atoms. The number of carbonyl (C=O) groups is 1. The highest BCUT2D eigenvalue weighted by molar-refractivity contribution is 7.07. The van der Waals surface area contributed by atoms with E-state index >= 15 is 0 Å². The highest BCUT2D eigenvalue weighted by Gasteiger charge is 2.41. The quantitative estimate of drug-likeness (QED) is 0.857. The zero-order chi connectivity index (χ0) is 18.0. The molecule has 2 heterocycles. The topological polar surface area (TPSA) is 74.4 Å². The number of ether oxygens (including phenoxy) is 1. The summed E-state index contributed by atoms with van der Waals surface area (Å²) >= 11 is 1.20. The van der Waals surface area contributed by atoms with Gasteiger partial charge in [-0.3, -0.25) is 4.79 Å². The number of thiazole rings is 1. The number of amides is 1. The molecule has 1 aliphatic heterocycles.